The Morgan fingerprint density at radius 1 is 1.50 bits per heavy atom. The first-order valence-electron chi connectivity index (χ1n) is 4.61. The van der Waals surface area contributed by atoms with Crippen LogP contribution in [0.4, 0.5) is 0 Å². The molecule has 12 heavy (non-hydrogen) atoms. The summed E-state index contributed by atoms with van der Waals surface area (Å²) >= 11 is 0. The van der Waals surface area contributed by atoms with E-state index in [0.717, 1.165) is 32.4 Å². The first-order valence-corrected chi connectivity index (χ1v) is 4.61. The average Bonchev–Trinajstić information content (AvgIpc) is 2.58. The van der Waals surface area contributed by atoms with Gasteiger partial charge in [0.05, 0.1) is 0 Å². The number of methoxy groups -OCH3 is 1. The number of hydrogen-bond donors (Lipinski definition) is 0. The van der Waals surface area contributed by atoms with E-state index in [-0.39, 0.29) is 12.0 Å². The monoisotopic (exact) mass is 171 g/mol. The van der Waals surface area contributed by atoms with Gasteiger partial charge in [-0.15, -0.1) is 0 Å². The van der Waals surface area contributed by atoms with Crippen molar-refractivity contribution in [3.63, 3.8) is 0 Å². The topological polar surface area (TPSA) is 29.5 Å². The highest BCUT2D eigenvalue weighted by molar-refractivity contribution is 5.81. The highest BCUT2D eigenvalue weighted by Crippen LogP contribution is 2.11. The van der Waals surface area contributed by atoms with Gasteiger partial charge in [0.2, 0.25) is 0 Å². The molecular weight excluding hydrogens is 154 g/mol. The van der Waals surface area contributed by atoms with Crippen molar-refractivity contribution in [2.75, 3.05) is 20.2 Å². The Labute approximate surface area is 73.7 Å². The van der Waals surface area contributed by atoms with Crippen molar-refractivity contribution < 1.29 is 9.53 Å². The molecule has 1 atom stereocenters. The molecule has 0 aromatic heterocycles. The molecule has 0 aliphatic carbocycles. The van der Waals surface area contributed by atoms with Crippen LogP contribution in [0.3, 0.4) is 0 Å². The molecule has 0 aromatic carbocycles. The Balaban J connectivity index is 2.43. The lowest BCUT2D eigenvalue weighted by molar-refractivity contribution is -0.140. The van der Waals surface area contributed by atoms with Crippen LogP contribution in [-0.4, -0.2) is 37.1 Å². The second kappa shape index (κ2) is 4.45. The maximum Gasteiger partial charge on any atom is 0.251 e. The summed E-state index contributed by atoms with van der Waals surface area (Å²) in [6, 6.07) is 0. The van der Waals surface area contributed by atoms with E-state index >= 15 is 0 Å². The molecule has 1 rings (SSSR count). The van der Waals surface area contributed by atoms with E-state index < -0.39 is 0 Å². The summed E-state index contributed by atoms with van der Waals surface area (Å²) in [4.78, 5) is 13.5. The molecule has 1 saturated heterocycles. The predicted octanol–water partition coefficient (Wildman–Crippen LogP) is 1.03. The van der Waals surface area contributed by atoms with Crippen molar-refractivity contribution in [3.05, 3.63) is 0 Å². The zero-order valence-electron chi connectivity index (χ0n) is 7.88. The van der Waals surface area contributed by atoms with Crippen LogP contribution < -0.4 is 0 Å². The lowest BCUT2D eigenvalue weighted by Crippen LogP contribution is -2.37. The Kier molecular flexibility index (Phi) is 3.53. The van der Waals surface area contributed by atoms with Gasteiger partial charge < -0.3 is 9.64 Å². The van der Waals surface area contributed by atoms with Gasteiger partial charge >= 0.3 is 0 Å². The number of rotatable bonds is 3. The third-order valence-corrected chi connectivity index (χ3v) is 2.35. The molecule has 1 fully saturated rings. The molecule has 1 heterocycles. The standard InChI is InChI=1S/C9H17NO2/c1-3-8(12-2)9(11)10-6-4-5-7-10/h8H,3-7H2,1-2H3. The number of nitrogens with zero attached hydrogens (tertiary/aromatic N) is 1. The molecule has 1 unspecified atom stereocenters. The fourth-order valence-electron chi connectivity index (χ4n) is 1.58. The number of ether oxygens (including phenoxy) is 1. The van der Waals surface area contributed by atoms with Gasteiger partial charge in [0.15, 0.2) is 0 Å². The average molecular weight is 171 g/mol. The molecule has 3 nitrogen and oxygen atoms in total. The first kappa shape index (κ1) is 9.52. The lowest BCUT2D eigenvalue weighted by Gasteiger charge is -2.20. The summed E-state index contributed by atoms with van der Waals surface area (Å²) in [5, 5.41) is 0. The molecule has 70 valence electrons. The zero-order chi connectivity index (χ0) is 8.97. The van der Waals surface area contributed by atoms with Crippen LogP contribution in [-0.2, 0) is 9.53 Å². The van der Waals surface area contributed by atoms with Crippen molar-refractivity contribution in [1.29, 1.82) is 0 Å². The van der Waals surface area contributed by atoms with Crippen LogP contribution >= 0.6 is 0 Å². The quantitative estimate of drug-likeness (QED) is 0.635. The van der Waals surface area contributed by atoms with Gasteiger partial charge in [0.25, 0.3) is 5.91 Å². The van der Waals surface area contributed by atoms with Gasteiger partial charge in [0, 0.05) is 20.2 Å². The molecule has 1 aliphatic rings. The van der Waals surface area contributed by atoms with Crippen molar-refractivity contribution in [2.24, 2.45) is 0 Å². The van der Waals surface area contributed by atoms with E-state index in [4.69, 9.17) is 4.74 Å². The number of likely N-dealkylation sites (tertiary alicyclic amines) is 1. The fourth-order valence-corrected chi connectivity index (χ4v) is 1.58. The normalized spacial score (nSPS) is 19.7. The van der Waals surface area contributed by atoms with Gasteiger partial charge in [-0.3, -0.25) is 4.79 Å². The Morgan fingerprint density at radius 2 is 2.08 bits per heavy atom. The molecule has 0 spiro atoms. The molecule has 3 heteroatoms. The van der Waals surface area contributed by atoms with Gasteiger partial charge in [-0.1, -0.05) is 6.92 Å². The van der Waals surface area contributed by atoms with Gasteiger partial charge in [0.1, 0.15) is 6.10 Å². The smallest absolute Gasteiger partial charge is 0.251 e. The molecule has 1 amide bonds. The van der Waals surface area contributed by atoms with E-state index in [1.165, 1.54) is 0 Å². The van der Waals surface area contributed by atoms with E-state index in [1.54, 1.807) is 7.11 Å². The van der Waals surface area contributed by atoms with Crippen LogP contribution in [0.2, 0.25) is 0 Å². The zero-order valence-corrected chi connectivity index (χ0v) is 7.88. The van der Waals surface area contributed by atoms with Gasteiger partial charge in [-0.2, -0.15) is 0 Å². The third kappa shape index (κ3) is 1.97. The van der Waals surface area contributed by atoms with E-state index in [9.17, 15) is 4.79 Å². The fraction of sp³-hybridized carbons (Fsp3) is 0.889. The number of hydrogen-bond acceptors (Lipinski definition) is 2. The maximum absolute atomic E-state index is 11.6. The van der Waals surface area contributed by atoms with E-state index in [2.05, 4.69) is 0 Å². The minimum absolute atomic E-state index is 0.164. The van der Waals surface area contributed by atoms with Crippen molar-refractivity contribution >= 4 is 5.91 Å². The molecule has 0 saturated carbocycles. The molecule has 0 N–H and O–H groups in total. The van der Waals surface area contributed by atoms with Crippen LogP contribution in [0, 0.1) is 0 Å². The van der Waals surface area contributed by atoms with Crippen LogP contribution in [0.15, 0.2) is 0 Å². The summed E-state index contributed by atoms with van der Waals surface area (Å²) in [6.07, 6.45) is 2.84. The Hall–Kier alpha value is -0.570. The molecule has 1 aliphatic heterocycles. The van der Waals surface area contributed by atoms with E-state index in [1.807, 2.05) is 11.8 Å². The number of amides is 1. The summed E-state index contributed by atoms with van der Waals surface area (Å²) in [5.41, 5.74) is 0. The minimum Gasteiger partial charge on any atom is -0.372 e. The van der Waals surface area contributed by atoms with Crippen molar-refractivity contribution in [1.82, 2.24) is 4.90 Å². The van der Waals surface area contributed by atoms with Crippen molar-refractivity contribution in [2.45, 2.75) is 32.3 Å². The molecular formula is C9H17NO2. The highest BCUT2D eigenvalue weighted by atomic mass is 16.5. The van der Waals surface area contributed by atoms with E-state index in [0.29, 0.717) is 0 Å². The Morgan fingerprint density at radius 3 is 2.50 bits per heavy atom. The lowest BCUT2D eigenvalue weighted by atomic mass is 10.2. The second-order valence-electron chi connectivity index (χ2n) is 3.16. The summed E-state index contributed by atoms with van der Waals surface area (Å²) in [6.45, 7) is 3.81. The molecule has 0 radical (unpaired) electrons. The maximum atomic E-state index is 11.6. The SMILES string of the molecule is CCC(OC)C(=O)N1CCCC1. The van der Waals surface area contributed by atoms with Crippen LogP contribution in [0.25, 0.3) is 0 Å². The Bertz CT molecular complexity index is 145. The number of carbonyl (C=O) groups excluding carboxylic acids is 1. The third-order valence-electron chi connectivity index (χ3n) is 2.35. The second-order valence-corrected chi connectivity index (χ2v) is 3.16. The van der Waals surface area contributed by atoms with Crippen LogP contribution in [0.1, 0.15) is 26.2 Å². The summed E-state index contributed by atoms with van der Waals surface area (Å²) in [5.74, 6) is 0.164. The first-order chi connectivity index (χ1) is 5.79. The molecule has 0 aromatic rings. The number of carbonyl (C=O) groups is 1. The summed E-state index contributed by atoms with van der Waals surface area (Å²) in [7, 11) is 1.60. The largest absolute Gasteiger partial charge is 0.372 e. The van der Waals surface area contributed by atoms with Crippen LogP contribution in [0.5, 0.6) is 0 Å². The minimum atomic E-state index is -0.219. The van der Waals surface area contributed by atoms with Crippen molar-refractivity contribution in [3.8, 4) is 0 Å². The summed E-state index contributed by atoms with van der Waals surface area (Å²) < 4.78 is 5.08. The predicted molar refractivity (Wildman–Crippen MR) is 46.9 cm³/mol. The van der Waals surface area contributed by atoms with Gasteiger partial charge in [-0.25, -0.2) is 0 Å². The highest BCUT2D eigenvalue weighted by Gasteiger charge is 2.24. The van der Waals surface area contributed by atoms with Gasteiger partial charge in [-0.05, 0) is 19.3 Å². The molecule has 0 bridgehead atoms.